The minimum absolute atomic E-state index is 0.0890. The van der Waals surface area contributed by atoms with Crippen LogP contribution in [0.4, 0.5) is 0 Å². The van der Waals surface area contributed by atoms with E-state index in [1.807, 2.05) is 18.2 Å². The number of carbonyl (C=O) groups excluding carboxylic acids is 2. The van der Waals surface area contributed by atoms with Gasteiger partial charge in [-0.25, -0.2) is 0 Å². The Kier molecular flexibility index (Phi) is 3.94. The van der Waals surface area contributed by atoms with E-state index in [1.54, 1.807) is 11.0 Å². The first-order chi connectivity index (χ1) is 8.72. The molecule has 1 fully saturated rings. The Morgan fingerprint density at radius 1 is 1.39 bits per heavy atom. The molecule has 2 rings (SSSR count). The van der Waals surface area contributed by atoms with Crippen molar-refractivity contribution in [2.24, 2.45) is 5.73 Å². The van der Waals surface area contributed by atoms with Crippen LogP contribution in [0.15, 0.2) is 24.3 Å². The quantitative estimate of drug-likeness (QED) is 0.774. The lowest BCUT2D eigenvalue weighted by atomic mass is 10.0. The monoisotopic (exact) mass is 247 g/mol. The summed E-state index contributed by atoms with van der Waals surface area (Å²) in [4.78, 5) is 25.2. The molecule has 0 bridgehead atoms. The highest BCUT2D eigenvalue weighted by Gasteiger charge is 2.23. The molecule has 18 heavy (non-hydrogen) atoms. The van der Waals surface area contributed by atoms with Crippen molar-refractivity contribution in [3.8, 4) is 0 Å². The number of nitrogens with one attached hydrogen (secondary N) is 1. The van der Waals surface area contributed by atoms with Crippen molar-refractivity contribution in [2.75, 3.05) is 26.2 Å². The van der Waals surface area contributed by atoms with Crippen LogP contribution in [0, 0.1) is 0 Å². The number of benzene rings is 1. The molecule has 0 spiro atoms. The van der Waals surface area contributed by atoms with Crippen LogP contribution in [0.25, 0.3) is 0 Å². The van der Waals surface area contributed by atoms with E-state index in [0.717, 1.165) is 5.56 Å². The Balaban J connectivity index is 2.19. The van der Waals surface area contributed by atoms with Crippen molar-refractivity contribution < 1.29 is 9.59 Å². The van der Waals surface area contributed by atoms with E-state index in [0.29, 0.717) is 31.6 Å². The first-order valence-corrected chi connectivity index (χ1v) is 6.06. The summed E-state index contributed by atoms with van der Waals surface area (Å²) in [5, 5.41) is 2.71. The van der Waals surface area contributed by atoms with Crippen LogP contribution in [0.3, 0.4) is 0 Å². The van der Waals surface area contributed by atoms with Gasteiger partial charge in [0.05, 0.1) is 6.54 Å². The molecule has 5 nitrogen and oxygen atoms in total. The maximum Gasteiger partial charge on any atom is 0.254 e. The normalized spacial score (nSPS) is 15.4. The van der Waals surface area contributed by atoms with Gasteiger partial charge in [0, 0.05) is 18.7 Å². The lowest BCUT2D eigenvalue weighted by Gasteiger charge is -2.27. The molecule has 0 atom stereocenters. The third kappa shape index (κ3) is 2.68. The van der Waals surface area contributed by atoms with Crippen molar-refractivity contribution in [1.82, 2.24) is 10.2 Å². The molecule has 0 saturated carbocycles. The smallest absolute Gasteiger partial charge is 0.254 e. The standard InChI is InChI=1S/C13H17N3O2/c14-6-5-10-3-1-2-4-11(10)13(18)16-8-7-15-12(17)9-16/h1-4H,5-9,14H2,(H,15,17). The minimum Gasteiger partial charge on any atom is -0.353 e. The largest absolute Gasteiger partial charge is 0.353 e. The van der Waals surface area contributed by atoms with Crippen LogP contribution in [0.5, 0.6) is 0 Å². The van der Waals surface area contributed by atoms with Gasteiger partial charge in [0.15, 0.2) is 0 Å². The molecule has 0 unspecified atom stereocenters. The van der Waals surface area contributed by atoms with Gasteiger partial charge in [-0.1, -0.05) is 18.2 Å². The van der Waals surface area contributed by atoms with Gasteiger partial charge in [0.1, 0.15) is 0 Å². The lowest BCUT2D eigenvalue weighted by molar-refractivity contribution is -0.123. The van der Waals surface area contributed by atoms with E-state index in [9.17, 15) is 9.59 Å². The summed E-state index contributed by atoms with van der Waals surface area (Å²) >= 11 is 0. The van der Waals surface area contributed by atoms with Gasteiger partial charge in [0.2, 0.25) is 5.91 Å². The van der Waals surface area contributed by atoms with Crippen LogP contribution < -0.4 is 11.1 Å². The number of rotatable bonds is 3. The van der Waals surface area contributed by atoms with Crippen molar-refractivity contribution in [3.63, 3.8) is 0 Å². The molecule has 5 heteroatoms. The Labute approximate surface area is 106 Å². The third-order valence-corrected chi connectivity index (χ3v) is 2.99. The van der Waals surface area contributed by atoms with Crippen molar-refractivity contribution in [2.45, 2.75) is 6.42 Å². The highest BCUT2D eigenvalue weighted by molar-refractivity contribution is 5.98. The molecule has 0 aromatic heterocycles. The highest BCUT2D eigenvalue weighted by Crippen LogP contribution is 2.13. The zero-order valence-corrected chi connectivity index (χ0v) is 10.2. The second-order valence-electron chi connectivity index (χ2n) is 4.27. The van der Waals surface area contributed by atoms with E-state index in [1.165, 1.54) is 0 Å². The zero-order valence-electron chi connectivity index (χ0n) is 10.2. The summed E-state index contributed by atoms with van der Waals surface area (Å²) in [5.74, 6) is -0.195. The Bertz CT molecular complexity index is 459. The number of hydrogen-bond acceptors (Lipinski definition) is 3. The lowest BCUT2D eigenvalue weighted by Crippen LogP contribution is -2.50. The molecular weight excluding hydrogens is 230 g/mol. The van der Waals surface area contributed by atoms with Crippen LogP contribution >= 0.6 is 0 Å². The molecule has 1 aromatic carbocycles. The number of amides is 2. The molecular formula is C13H17N3O2. The number of hydrogen-bond donors (Lipinski definition) is 2. The average Bonchev–Trinajstić information content (AvgIpc) is 2.39. The third-order valence-electron chi connectivity index (χ3n) is 2.99. The second kappa shape index (κ2) is 5.64. The summed E-state index contributed by atoms with van der Waals surface area (Å²) in [5.41, 5.74) is 7.13. The summed E-state index contributed by atoms with van der Waals surface area (Å²) in [6.07, 6.45) is 0.669. The van der Waals surface area contributed by atoms with Gasteiger partial charge in [-0.3, -0.25) is 9.59 Å². The van der Waals surface area contributed by atoms with E-state index in [2.05, 4.69) is 5.32 Å². The predicted octanol–water partition coefficient (Wildman–Crippen LogP) is -0.240. The van der Waals surface area contributed by atoms with Gasteiger partial charge in [0.25, 0.3) is 5.91 Å². The van der Waals surface area contributed by atoms with Crippen LogP contribution in [-0.2, 0) is 11.2 Å². The summed E-state index contributed by atoms with van der Waals surface area (Å²) in [6.45, 7) is 1.71. The Morgan fingerprint density at radius 2 is 2.17 bits per heavy atom. The minimum atomic E-state index is -0.106. The first-order valence-electron chi connectivity index (χ1n) is 6.06. The van der Waals surface area contributed by atoms with Gasteiger partial charge in [-0.05, 0) is 24.6 Å². The van der Waals surface area contributed by atoms with Crippen molar-refractivity contribution in [1.29, 1.82) is 0 Å². The molecule has 3 N–H and O–H groups in total. The fourth-order valence-electron chi connectivity index (χ4n) is 2.08. The molecule has 1 aromatic rings. The summed E-state index contributed by atoms with van der Waals surface area (Å²) < 4.78 is 0. The molecule has 1 saturated heterocycles. The Hall–Kier alpha value is -1.88. The van der Waals surface area contributed by atoms with Gasteiger partial charge >= 0.3 is 0 Å². The number of piperazine rings is 1. The van der Waals surface area contributed by atoms with Crippen LogP contribution in [0.1, 0.15) is 15.9 Å². The van der Waals surface area contributed by atoms with Gasteiger partial charge < -0.3 is 16.0 Å². The summed E-state index contributed by atoms with van der Waals surface area (Å²) in [6, 6.07) is 7.42. The van der Waals surface area contributed by atoms with Gasteiger partial charge in [-0.2, -0.15) is 0 Å². The zero-order chi connectivity index (χ0) is 13.0. The molecule has 1 aliphatic rings. The van der Waals surface area contributed by atoms with E-state index in [-0.39, 0.29) is 18.4 Å². The fourth-order valence-corrected chi connectivity index (χ4v) is 2.08. The number of nitrogens with zero attached hydrogens (tertiary/aromatic N) is 1. The maximum absolute atomic E-state index is 12.3. The molecule has 0 radical (unpaired) electrons. The molecule has 96 valence electrons. The Morgan fingerprint density at radius 3 is 2.89 bits per heavy atom. The second-order valence-corrected chi connectivity index (χ2v) is 4.27. The highest BCUT2D eigenvalue weighted by atomic mass is 16.2. The number of nitrogens with two attached hydrogens (primary N) is 1. The fraction of sp³-hybridized carbons (Fsp3) is 0.385. The SMILES string of the molecule is NCCc1ccccc1C(=O)N1CCNC(=O)C1. The average molecular weight is 247 g/mol. The van der Waals surface area contributed by atoms with E-state index in [4.69, 9.17) is 5.73 Å². The number of carbonyl (C=O) groups is 2. The first kappa shape index (κ1) is 12.6. The molecule has 2 amide bonds. The van der Waals surface area contributed by atoms with Crippen LogP contribution in [0.2, 0.25) is 0 Å². The van der Waals surface area contributed by atoms with Crippen molar-refractivity contribution in [3.05, 3.63) is 35.4 Å². The summed E-state index contributed by atoms with van der Waals surface area (Å²) in [7, 11) is 0. The maximum atomic E-state index is 12.3. The molecule has 0 aliphatic carbocycles. The molecule has 1 aliphatic heterocycles. The van der Waals surface area contributed by atoms with Crippen LogP contribution in [-0.4, -0.2) is 42.9 Å². The predicted molar refractivity (Wildman–Crippen MR) is 68.1 cm³/mol. The van der Waals surface area contributed by atoms with Gasteiger partial charge in [-0.15, -0.1) is 0 Å². The topological polar surface area (TPSA) is 75.4 Å². The molecule has 1 heterocycles. The van der Waals surface area contributed by atoms with Crippen molar-refractivity contribution >= 4 is 11.8 Å². The van der Waals surface area contributed by atoms with E-state index < -0.39 is 0 Å². The van der Waals surface area contributed by atoms with E-state index >= 15 is 0 Å².